The molecule has 0 fully saturated rings. The van der Waals surface area contributed by atoms with Crippen molar-refractivity contribution in [2.45, 2.75) is 0 Å². The number of methoxy groups -OCH3 is 1. The lowest BCUT2D eigenvalue weighted by Gasteiger charge is -2.09. The second-order valence-corrected chi connectivity index (χ2v) is 5.43. The molecule has 2 aromatic heterocycles. The Labute approximate surface area is 144 Å². The topological polar surface area (TPSA) is 72.1 Å². The first-order chi connectivity index (χ1) is 12.3. The molecule has 0 bridgehead atoms. The number of benzene rings is 2. The molecule has 4 aromatic rings. The van der Waals surface area contributed by atoms with Crippen molar-refractivity contribution in [3.8, 4) is 17.4 Å². The molecule has 0 radical (unpaired) electrons. The van der Waals surface area contributed by atoms with Gasteiger partial charge in [0.1, 0.15) is 23.6 Å². The van der Waals surface area contributed by atoms with Gasteiger partial charge in [-0.1, -0.05) is 6.07 Å². The molecular weight excluding hydrogens is 316 g/mol. The molecule has 0 aliphatic heterocycles. The third-order valence-electron chi connectivity index (χ3n) is 3.73. The average molecular weight is 332 g/mol. The summed E-state index contributed by atoms with van der Waals surface area (Å²) in [6, 6.07) is 17.2. The Kier molecular flexibility index (Phi) is 3.92. The van der Waals surface area contributed by atoms with E-state index in [1.807, 2.05) is 42.6 Å². The highest BCUT2D eigenvalue weighted by atomic mass is 16.5. The molecule has 0 amide bonds. The highest BCUT2D eigenvalue weighted by Gasteiger charge is 2.04. The molecule has 2 aromatic carbocycles. The van der Waals surface area contributed by atoms with E-state index in [4.69, 9.17) is 9.47 Å². The molecule has 124 valence electrons. The minimum Gasteiger partial charge on any atom is -0.497 e. The molecule has 0 unspecified atom stereocenters. The van der Waals surface area contributed by atoms with E-state index in [2.05, 4.69) is 26.3 Å². The zero-order valence-electron chi connectivity index (χ0n) is 13.6. The second kappa shape index (κ2) is 6.52. The fourth-order valence-corrected chi connectivity index (χ4v) is 2.53. The summed E-state index contributed by atoms with van der Waals surface area (Å²) in [6.07, 6.45) is 3.38. The van der Waals surface area contributed by atoms with Crippen LogP contribution in [0.15, 0.2) is 67.1 Å². The van der Waals surface area contributed by atoms with Gasteiger partial charge < -0.3 is 19.8 Å². The third-order valence-corrected chi connectivity index (χ3v) is 3.73. The number of ether oxygens (including phenoxy) is 2. The monoisotopic (exact) mass is 332 g/mol. The van der Waals surface area contributed by atoms with Crippen LogP contribution in [0, 0.1) is 0 Å². The number of aromatic nitrogens is 3. The van der Waals surface area contributed by atoms with Gasteiger partial charge in [0.2, 0.25) is 5.88 Å². The summed E-state index contributed by atoms with van der Waals surface area (Å²) in [6.45, 7) is 0. The van der Waals surface area contributed by atoms with E-state index in [-0.39, 0.29) is 0 Å². The first-order valence-corrected chi connectivity index (χ1v) is 7.78. The van der Waals surface area contributed by atoms with E-state index >= 15 is 0 Å². The van der Waals surface area contributed by atoms with Crippen LogP contribution < -0.4 is 14.8 Å². The standard InChI is InChI=1S/C19H16N4O2/c1-24-15-3-2-4-16(10-15)25-19-11-18(21-12-22-19)23-14-5-6-17-13(9-14)7-8-20-17/h2-12,20H,1H3,(H,21,22,23). The van der Waals surface area contributed by atoms with Crippen molar-refractivity contribution in [1.29, 1.82) is 0 Å². The summed E-state index contributed by atoms with van der Waals surface area (Å²) in [4.78, 5) is 11.6. The van der Waals surface area contributed by atoms with Gasteiger partial charge in [-0.15, -0.1) is 0 Å². The molecule has 4 rings (SSSR count). The van der Waals surface area contributed by atoms with Gasteiger partial charge in [0.15, 0.2) is 0 Å². The number of rotatable bonds is 5. The minimum atomic E-state index is 0.452. The van der Waals surface area contributed by atoms with Crippen molar-refractivity contribution < 1.29 is 9.47 Å². The summed E-state index contributed by atoms with van der Waals surface area (Å²) < 4.78 is 11.0. The maximum Gasteiger partial charge on any atom is 0.224 e. The molecule has 0 aliphatic carbocycles. The van der Waals surface area contributed by atoms with Gasteiger partial charge >= 0.3 is 0 Å². The molecule has 0 saturated carbocycles. The van der Waals surface area contributed by atoms with Gasteiger partial charge in [-0.05, 0) is 36.4 Å². The average Bonchev–Trinajstić information content (AvgIpc) is 3.10. The summed E-state index contributed by atoms with van der Waals surface area (Å²) in [7, 11) is 1.62. The Morgan fingerprint density at radius 3 is 2.80 bits per heavy atom. The highest BCUT2D eigenvalue weighted by Crippen LogP contribution is 2.26. The van der Waals surface area contributed by atoms with E-state index in [0.717, 1.165) is 22.3 Å². The van der Waals surface area contributed by atoms with E-state index in [0.29, 0.717) is 17.4 Å². The van der Waals surface area contributed by atoms with Crippen molar-refractivity contribution in [2.24, 2.45) is 0 Å². The Balaban J connectivity index is 1.54. The summed E-state index contributed by atoms with van der Waals surface area (Å²) in [5, 5.41) is 4.40. The van der Waals surface area contributed by atoms with Crippen LogP contribution in [0.4, 0.5) is 11.5 Å². The van der Waals surface area contributed by atoms with Crippen LogP contribution in [0.3, 0.4) is 0 Å². The molecule has 25 heavy (non-hydrogen) atoms. The zero-order chi connectivity index (χ0) is 17.1. The SMILES string of the molecule is COc1cccc(Oc2cc(Nc3ccc4[nH]ccc4c3)ncn2)c1. The normalized spacial score (nSPS) is 10.6. The van der Waals surface area contributed by atoms with Crippen LogP contribution in [0.25, 0.3) is 10.9 Å². The largest absolute Gasteiger partial charge is 0.497 e. The molecule has 0 saturated heterocycles. The number of nitrogens with one attached hydrogen (secondary N) is 2. The Morgan fingerprint density at radius 2 is 1.88 bits per heavy atom. The van der Waals surface area contributed by atoms with E-state index < -0.39 is 0 Å². The van der Waals surface area contributed by atoms with Gasteiger partial charge in [-0.3, -0.25) is 0 Å². The zero-order valence-corrected chi connectivity index (χ0v) is 13.6. The van der Waals surface area contributed by atoms with Crippen molar-refractivity contribution in [3.05, 3.63) is 67.1 Å². The Hall–Kier alpha value is -3.54. The van der Waals surface area contributed by atoms with Crippen LogP contribution in [0.1, 0.15) is 0 Å². The smallest absolute Gasteiger partial charge is 0.224 e. The number of aromatic amines is 1. The highest BCUT2D eigenvalue weighted by molar-refractivity contribution is 5.83. The Bertz CT molecular complexity index is 1010. The van der Waals surface area contributed by atoms with Crippen LogP contribution in [-0.2, 0) is 0 Å². The molecule has 6 nitrogen and oxygen atoms in total. The molecular formula is C19H16N4O2. The number of fused-ring (bicyclic) bond motifs is 1. The number of nitrogens with zero attached hydrogens (tertiary/aromatic N) is 2. The lowest BCUT2D eigenvalue weighted by Crippen LogP contribution is -1.96. The quantitative estimate of drug-likeness (QED) is 0.563. The van der Waals surface area contributed by atoms with Crippen LogP contribution >= 0.6 is 0 Å². The number of H-pyrrole nitrogens is 1. The molecule has 2 heterocycles. The third kappa shape index (κ3) is 3.37. The van der Waals surface area contributed by atoms with Gasteiger partial charge in [0.25, 0.3) is 0 Å². The van der Waals surface area contributed by atoms with E-state index in [1.165, 1.54) is 6.33 Å². The molecule has 0 aliphatic rings. The lowest BCUT2D eigenvalue weighted by atomic mass is 10.2. The number of hydrogen-bond acceptors (Lipinski definition) is 5. The maximum atomic E-state index is 5.78. The maximum absolute atomic E-state index is 5.78. The van der Waals surface area contributed by atoms with Crippen molar-refractivity contribution >= 4 is 22.4 Å². The minimum absolute atomic E-state index is 0.452. The molecule has 0 spiro atoms. The number of hydrogen-bond donors (Lipinski definition) is 2. The predicted octanol–water partition coefficient (Wildman–Crippen LogP) is 4.50. The van der Waals surface area contributed by atoms with Crippen LogP contribution in [0.2, 0.25) is 0 Å². The van der Waals surface area contributed by atoms with Gasteiger partial charge in [-0.2, -0.15) is 0 Å². The summed E-state index contributed by atoms with van der Waals surface area (Å²) >= 11 is 0. The first kappa shape index (κ1) is 15.0. The second-order valence-electron chi connectivity index (χ2n) is 5.43. The van der Waals surface area contributed by atoms with Crippen molar-refractivity contribution in [1.82, 2.24) is 15.0 Å². The van der Waals surface area contributed by atoms with Crippen molar-refractivity contribution in [3.63, 3.8) is 0 Å². The van der Waals surface area contributed by atoms with Crippen LogP contribution in [0.5, 0.6) is 17.4 Å². The molecule has 2 N–H and O–H groups in total. The Morgan fingerprint density at radius 1 is 0.960 bits per heavy atom. The lowest BCUT2D eigenvalue weighted by molar-refractivity contribution is 0.407. The van der Waals surface area contributed by atoms with E-state index in [9.17, 15) is 0 Å². The molecule has 6 heteroatoms. The van der Waals surface area contributed by atoms with Gasteiger partial charge in [-0.25, -0.2) is 9.97 Å². The first-order valence-electron chi connectivity index (χ1n) is 7.78. The summed E-state index contributed by atoms with van der Waals surface area (Å²) in [5.41, 5.74) is 2.04. The summed E-state index contributed by atoms with van der Waals surface area (Å²) in [5.74, 6) is 2.48. The van der Waals surface area contributed by atoms with Crippen molar-refractivity contribution in [2.75, 3.05) is 12.4 Å². The van der Waals surface area contributed by atoms with Crippen LogP contribution in [-0.4, -0.2) is 22.1 Å². The molecule has 0 atom stereocenters. The fourth-order valence-electron chi connectivity index (χ4n) is 2.53. The van der Waals surface area contributed by atoms with Gasteiger partial charge in [0.05, 0.1) is 7.11 Å². The van der Waals surface area contributed by atoms with Gasteiger partial charge in [0, 0.05) is 34.9 Å². The number of anilines is 2. The predicted molar refractivity (Wildman–Crippen MR) is 96.7 cm³/mol. The van der Waals surface area contributed by atoms with E-state index in [1.54, 1.807) is 19.2 Å². The fraction of sp³-hybridized carbons (Fsp3) is 0.0526.